The molecule has 4 fully saturated rings. The quantitative estimate of drug-likeness (QED) is 0.161. The van der Waals surface area contributed by atoms with Crippen LogP contribution in [0.5, 0.6) is 0 Å². The van der Waals surface area contributed by atoms with E-state index < -0.39 is 88.7 Å². The molecular weight excluding hydrogens is 488 g/mol. The first-order valence-corrected chi connectivity index (χ1v) is 12.5. The van der Waals surface area contributed by atoms with Crippen LogP contribution in [0, 0.1) is 28.6 Å². The Balaban J connectivity index is 1.75. The van der Waals surface area contributed by atoms with E-state index in [1.807, 2.05) is 0 Å². The molecule has 2 bridgehead atoms. The zero-order chi connectivity index (χ0) is 27.2. The highest BCUT2D eigenvalue weighted by Gasteiger charge is 2.85. The molecule has 12 atom stereocenters. The van der Waals surface area contributed by atoms with Gasteiger partial charge in [-0.1, -0.05) is 24.1 Å². The lowest BCUT2D eigenvalue weighted by molar-refractivity contribution is -0.303. The first-order chi connectivity index (χ1) is 17.3. The molecule has 0 unspecified atom stereocenters. The van der Waals surface area contributed by atoms with E-state index in [0.717, 1.165) is 12.7 Å². The van der Waals surface area contributed by atoms with Crippen LogP contribution in [0.15, 0.2) is 23.3 Å². The van der Waals surface area contributed by atoms with Crippen LogP contribution >= 0.6 is 0 Å². The van der Waals surface area contributed by atoms with Gasteiger partial charge in [0.1, 0.15) is 12.2 Å². The summed E-state index contributed by atoms with van der Waals surface area (Å²) in [5.74, 6) is -5.51. The summed E-state index contributed by atoms with van der Waals surface area (Å²) in [6.07, 6.45) is -5.75. The minimum atomic E-state index is -2.23. The predicted molar refractivity (Wildman–Crippen MR) is 123 cm³/mol. The molecule has 2 heterocycles. The van der Waals surface area contributed by atoms with Crippen LogP contribution in [0.2, 0.25) is 0 Å². The van der Waals surface area contributed by atoms with Gasteiger partial charge < -0.3 is 39.4 Å². The molecule has 2 aliphatic heterocycles. The molecule has 0 amide bonds. The molecule has 204 valence electrons. The number of hydrogen-bond acceptors (Lipinski definition) is 11. The maximum atomic E-state index is 13.4. The Bertz CT molecular complexity index is 1090. The van der Waals surface area contributed by atoms with E-state index in [1.165, 1.54) is 12.2 Å². The number of fused-ring (bicyclic) bond motifs is 2. The lowest BCUT2D eigenvalue weighted by Crippen LogP contribution is -2.80. The standard InChI is InChI=1S/C26H34O11/c1-10(2)6-15(28)37-17-19-25-9-35-26(19,23(33)34-5)21(31)16(29)18(25)24(4)12(8-14(25)36-22(17)32)11(3)7-13(27)20(24)30/h6-7,12-14,16-21,27,29-31H,8-9H2,1-5H3/t12-,13-,14+,16+,17+,18+,19+,20+,21-,24-,25+,26-/m0/s1. The van der Waals surface area contributed by atoms with E-state index in [2.05, 4.69) is 0 Å². The highest BCUT2D eigenvalue weighted by Crippen LogP contribution is 2.72. The van der Waals surface area contributed by atoms with Gasteiger partial charge in [0.05, 0.1) is 37.9 Å². The van der Waals surface area contributed by atoms with Gasteiger partial charge in [-0.05, 0) is 33.1 Å². The normalized spacial score (nSPS) is 49.6. The van der Waals surface area contributed by atoms with Crippen LogP contribution < -0.4 is 0 Å². The topological polar surface area (TPSA) is 169 Å². The van der Waals surface area contributed by atoms with Crippen LogP contribution in [-0.4, -0.2) is 94.3 Å². The summed E-state index contributed by atoms with van der Waals surface area (Å²) in [4.78, 5) is 39.4. The average molecular weight is 523 g/mol. The Morgan fingerprint density at radius 3 is 2.43 bits per heavy atom. The van der Waals surface area contributed by atoms with Gasteiger partial charge in [0, 0.05) is 22.8 Å². The van der Waals surface area contributed by atoms with Gasteiger partial charge in [-0.25, -0.2) is 14.4 Å². The van der Waals surface area contributed by atoms with Crippen molar-refractivity contribution in [1.29, 1.82) is 0 Å². The maximum Gasteiger partial charge on any atom is 0.348 e. The molecule has 11 heteroatoms. The first kappa shape index (κ1) is 26.3. The van der Waals surface area contributed by atoms with Crippen molar-refractivity contribution in [3.05, 3.63) is 23.3 Å². The summed E-state index contributed by atoms with van der Waals surface area (Å²) in [6.45, 7) is 6.60. The van der Waals surface area contributed by atoms with Gasteiger partial charge in [0.25, 0.3) is 0 Å². The van der Waals surface area contributed by atoms with E-state index in [1.54, 1.807) is 27.7 Å². The molecule has 37 heavy (non-hydrogen) atoms. The average Bonchev–Trinajstić information content (AvgIpc) is 3.13. The summed E-state index contributed by atoms with van der Waals surface area (Å²) < 4.78 is 22.5. The van der Waals surface area contributed by atoms with E-state index in [4.69, 9.17) is 18.9 Å². The third-order valence-corrected chi connectivity index (χ3v) is 9.65. The van der Waals surface area contributed by atoms with Gasteiger partial charge >= 0.3 is 17.9 Å². The highest BCUT2D eigenvalue weighted by atomic mass is 16.6. The number of carbonyl (C=O) groups is 3. The van der Waals surface area contributed by atoms with Crippen molar-refractivity contribution in [3.63, 3.8) is 0 Å². The van der Waals surface area contributed by atoms with Crippen molar-refractivity contribution in [2.24, 2.45) is 28.6 Å². The number of allylic oxidation sites excluding steroid dienone is 2. The number of hydrogen-bond donors (Lipinski definition) is 4. The van der Waals surface area contributed by atoms with E-state index in [0.29, 0.717) is 5.57 Å². The van der Waals surface area contributed by atoms with Crippen LogP contribution in [0.1, 0.15) is 34.1 Å². The number of ether oxygens (including phenoxy) is 4. The fourth-order valence-electron chi connectivity index (χ4n) is 8.37. The fourth-order valence-corrected chi connectivity index (χ4v) is 8.37. The van der Waals surface area contributed by atoms with Gasteiger partial charge in [-0.15, -0.1) is 0 Å². The van der Waals surface area contributed by atoms with Gasteiger partial charge in [-0.3, -0.25) is 0 Å². The Kier molecular flexibility index (Phi) is 5.93. The Morgan fingerprint density at radius 2 is 1.81 bits per heavy atom. The second kappa shape index (κ2) is 8.34. The summed E-state index contributed by atoms with van der Waals surface area (Å²) in [6, 6.07) is 0. The summed E-state index contributed by atoms with van der Waals surface area (Å²) >= 11 is 0. The van der Waals surface area contributed by atoms with E-state index >= 15 is 0 Å². The monoisotopic (exact) mass is 522 g/mol. The lowest BCUT2D eigenvalue weighted by Gasteiger charge is -2.68. The summed E-state index contributed by atoms with van der Waals surface area (Å²) in [5.41, 5.74) is -3.45. The molecule has 0 aromatic carbocycles. The summed E-state index contributed by atoms with van der Waals surface area (Å²) in [7, 11) is 1.09. The molecule has 11 nitrogen and oxygen atoms in total. The molecule has 0 radical (unpaired) electrons. The van der Waals surface area contributed by atoms with Gasteiger partial charge in [0.2, 0.25) is 11.7 Å². The predicted octanol–water partition coefficient (Wildman–Crippen LogP) is -0.606. The smallest absolute Gasteiger partial charge is 0.348 e. The maximum absolute atomic E-state index is 13.4. The van der Waals surface area contributed by atoms with Crippen LogP contribution in [0.3, 0.4) is 0 Å². The number of aliphatic hydroxyl groups excluding tert-OH is 4. The van der Waals surface area contributed by atoms with E-state index in [9.17, 15) is 34.8 Å². The third kappa shape index (κ3) is 3.09. The first-order valence-electron chi connectivity index (χ1n) is 12.5. The molecule has 5 rings (SSSR count). The largest absolute Gasteiger partial charge is 0.467 e. The molecule has 0 aromatic heterocycles. The molecule has 1 spiro atoms. The highest BCUT2D eigenvalue weighted by molar-refractivity contribution is 5.89. The SMILES string of the molecule is COC(=O)[C@@]12OC[C@]34[C@H]([C@@H](O)[C@@H]1O)[C@@]1(C)[C@H](O)[C@@H](O)C=C(C)[C@@H]1C[C@H]3OC(=O)[C@H](OC(=O)C=C(C)C)[C@@H]24. The number of rotatable bonds is 3. The van der Waals surface area contributed by atoms with Crippen LogP contribution in [0.4, 0.5) is 0 Å². The Morgan fingerprint density at radius 1 is 1.14 bits per heavy atom. The molecule has 2 saturated carbocycles. The van der Waals surface area contributed by atoms with E-state index in [-0.39, 0.29) is 13.0 Å². The Labute approximate surface area is 214 Å². The number of aliphatic hydroxyl groups is 4. The zero-order valence-electron chi connectivity index (χ0n) is 21.4. The minimum absolute atomic E-state index is 0.208. The van der Waals surface area contributed by atoms with Crippen molar-refractivity contribution in [3.8, 4) is 0 Å². The lowest BCUT2D eigenvalue weighted by atomic mass is 9.37. The number of carbonyl (C=O) groups excluding carboxylic acids is 3. The van der Waals surface area contributed by atoms with Gasteiger partial charge in [0.15, 0.2) is 0 Å². The van der Waals surface area contributed by atoms with Crippen molar-refractivity contribution >= 4 is 17.9 Å². The number of methoxy groups -OCH3 is 1. The molecule has 4 N–H and O–H groups in total. The zero-order valence-corrected chi connectivity index (χ0v) is 21.4. The molecule has 0 aromatic rings. The van der Waals surface area contributed by atoms with Crippen molar-refractivity contribution in [1.82, 2.24) is 0 Å². The van der Waals surface area contributed by atoms with Gasteiger partial charge in [-0.2, -0.15) is 0 Å². The molecular formula is C26H34O11. The minimum Gasteiger partial charge on any atom is -0.467 e. The fraction of sp³-hybridized carbons (Fsp3) is 0.731. The van der Waals surface area contributed by atoms with Crippen molar-refractivity contribution < 1.29 is 53.8 Å². The molecule has 2 saturated heterocycles. The molecule has 3 aliphatic carbocycles. The molecule has 5 aliphatic rings. The summed E-state index contributed by atoms with van der Waals surface area (Å²) in [5, 5.41) is 45.2. The van der Waals surface area contributed by atoms with Crippen molar-refractivity contribution in [2.45, 2.75) is 76.3 Å². The van der Waals surface area contributed by atoms with Crippen LogP contribution in [-0.2, 0) is 33.3 Å². The second-order valence-electron chi connectivity index (χ2n) is 11.6. The third-order valence-electron chi connectivity index (χ3n) is 9.65. The number of esters is 3. The van der Waals surface area contributed by atoms with Crippen LogP contribution in [0.25, 0.3) is 0 Å². The Hall–Kier alpha value is -2.31. The van der Waals surface area contributed by atoms with Crippen molar-refractivity contribution in [2.75, 3.05) is 13.7 Å². The second-order valence-corrected chi connectivity index (χ2v) is 11.6.